The van der Waals surface area contributed by atoms with E-state index >= 15 is 0 Å². The van der Waals surface area contributed by atoms with Crippen LogP contribution in [0.5, 0.6) is 11.5 Å². The second-order valence-electron chi connectivity index (χ2n) is 6.31. The molecule has 1 aliphatic rings. The van der Waals surface area contributed by atoms with Crippen molar-refractivity contribution in [3.8, 4) is 11.5 Å². The van der Waals surface area contributed by atoms with Crippen molar-refractivity contribution in [3.05, 3.63) is 54.1 Å². The molecule has 1 fully saturated rings. The summed E-state index contributed by atoms with van der Waals surface area (Å²) < 4.78 is 16.8. The average molecular weight is 355 g/mol. The highest BCUT2D eigenvalue weighted by Gasteiger charge is 2.16. The van der Waals surface area contributed by atoms with Crippen LogP contribution in [0.1, 0.15) is 25.3 Å². The van der Waals surface area contributed by atoms with Crippen molar-refractivity contribution in [1.29, 1.82) is 0 Å². The zero-order valence-electron chi connectivity index (χ0n) is 15.1. The molecule has 5 heteroatoms. The van der Waals surface area contributed by atoms with Gasteiger partial charge >= 0.3 is 0 Å². The Labute approximate surface area is 154 Å². The van der Waals surface area contributed by atoms with E-state index in [1.807, 2.05) is 48.5 Å². The van der Waals surface area contributed by atoms with E-state index in [0.717, 1.165) is 31.6 Å². The SMILES string of the molecule is CCc1ccc(OCC(=O)Nc2cccc(OC[C@H]3CCCO3)c2)cc1. The third-order valence-corrected chi connectivity index (χ3v) is 4.28. The zero-order valence-corrected chi connectivity index (χ0v) is 15.1. The van der Waals surface area contributed by atoms with Crippen molar-refractivity contribution in [2.45, 2.75) is 32.3 Å². The standard InChI is InChI=1S/C21H25NO4/c1-2-16-8-10-18(11-9-16)26-15-21(23)22-17-5-3-6-19(13-17)25-14-20-7-4-12-24-20/h3,5-6,8-11,13,20H,2,4,7,12,14-15H2,1H3,(H,22,23)/t20-/m1/s1. The van der Waals surface area contributed by atoms with E-state index in [1.165, 1.54) is 5.56 Å². The molecule has 0 bridgehead atoms. The molecule has 0 unspecified atom stereocenters. The molecule has 1 saturated heterocycles. The Morgan fingerprint density at radius 1 is 1.15 bits per heavy atom. The van der Waals surface area contributed by atoms with E-state index in [2.05, 4.69) is 12.2 Å². The first kappa shape index (κ1) is 18.3. The first-order chi connectivity index (χ1) is 12.7. The third-order valence-electron chi connectivity index (χ3n) is 4.28. The van der Waals surface area contributed by atoms with E-state index in [1.54, 1.807) is 0 Å². The Kier molecular flexibility index (Phi) is 6.50. The number of hydrogen-bond donors (Lipinski definition) is 1. The van der Waals surface area contributed by atoms with Gasteiger partial charge in [0.1, 0.15) is 18.1 Å². The lowest BCUT2D eigenvalue weighted by Crippen LogP contribution is -2.20. The number of nitrogens with one attached hydrogen (secondary N) is 1. The lowest BCUT2D eigenvalue weighted by atomic mass is 10.2. The minimum absolute atomic E-state index is 0.0352. The van der Waals surface area contributed by atoms with Crippen molar-refractivity contribution < 1.29 is 19.0 Å². The van der Waals surface area contributed by atoms with Crippen LogP contribution in [0, 0.1) is 0 Å². The fourth-order valence-electron chi connectivity index (χ4n) is 2.80. The van der Waals surface area contributed by atoms with Gasteiger partial charge in [0.05, 0.1) is 6.10 Å². The molecule has 26 heavy (non-hydrogen) atoms. The first-order valence-electron chi connectivity index (χ1n) is 9.09. The van der Waals surface area contributed by atoms with Crippen molar-refractivity contribution in [1.82, 2.24) is 0 Å². The summed E-state index contributed by atoms with van der Waals surface area (Å²) >= 11 is 0. The van der Waals surface area contributed by atoms with Crippen molar-refractivity contribution in [2.24, 2.45) is 0 Å². The number of rotatable bonds is 8. The van der Waals surface area contributed by atoms with Crippen LogP contribution >= 0.6 is 0 Å². The summed E-state index contributed by atoms with van der Waals surface area (Å²) in [5.74, 6) is 1.20. The maximum Gasteiger partial charge on any atom is 0.262 e. The summed E-state index contributed by atoms with van der Waals surface area (Å²) in [5, 5.41) is 2.83. The summed E-state index contributed by atoms with van der Waals surface area (Å²) in [7, 11) is 0. The van der Waals surface area contributed by atoms with Crippen LogP contribution in [0.2, 0.25) is 0 Å². The number of hydrogen-bond acceptors (Lipinski definition) is 4. The molecule has 1 atom stereocenters. The monoisotopic (exact) mass is 355 g/mol. The van der Waals surface area contributed by atoms with Gasteiger partial charge in [0.2, 0.25) is 0 Å². The molecular weight excluding hydrogens is 330 g/mol. The van der Waals surface area contributed by atoms with Crippen LogP contribution in [-0.2, 0) is 16.0 Å². The number of amides is 1. The van der Waals surface area contributed by atoms with Crippen LogP contribution in [0.25, 0.3) is 0 Å². The largest absolute Gasteiger partial charge is 0.491 e. The fraction of sp³-hybridized carbons (Fsp3) is 0.381. The van der Waals surface area contributed by atoms with Crippen LogP contribution in [-0.4, -0.2) is 31.8 Å². The summed E-state index contributed by atoms with van der Waals surface area (Å²) in [5.41, 5.74) is 1.92. The van der Waals surface area contributed by atoms with Crippen molar-refractivity contribution in [3.63, 3.8) is 0 Å². The second kappa shape index (κ2) is 9.25. The predicted octanol–water partition coefficient (Wildman–Crippen LogP) is 3.82. The predicted molar refractivity (Wildman–Crippen MR) is 101 cm³/mol. The molecule has 2 aromatic carbocycles. The van der Waals surface area contributed by atoms with Crippen LogP contribution in [0.3, 0.4) is 0 Å². The molecule has 1 heterocycles. The van der Waals surface area contributed by atoms with Gasteiger partial charge in [0, 0.05) is 18.4 Å². The van der Waals surface area contributed by atoms with Crippen LogP contribution in [0.15, 0.2) is 48.5 Å². The minimum Gasteiger partial charge on any atom is -0.491 e. The molecule has 1 amide bonds. The summed E-state index contributed by atoms with van der Waals surface area (Å²) in [6, 6.07) is 15.1. The maximum atomic E-state index is 12.1. The molecule has 3 rings (SSSR count). The molecule has 0 spiro atoms. The van der Waals surface area contributed by atoms with Crippen LogP contribution < -0.4 is 14.8 Å². The Morgan fingerprint density at radius 3 is 2.73 bits per heavy atom. The Balaban J connectivity index is 1.46. The molecular formula is C21H25NO4. The minimum atomic E-state index is -0.208. The van der Waals surface area contributed by atoms with Gasteiger partial charge in [-0.05, 0) is 49.1 Å². The van der Waals surface area contributed by atoms with E-state index in [0.29, 0.717) is 18.0 Å². The molecule has 138 valence electrons. The van der Waals surface area contributed by atoms with E-state index in [9.17, 15) is 4.79 Å². The van der Waals surface area contributed by atoms with Gasteiger partial charge in [0.15, 0.2) is 6.61 Å². The number of carbonyl (C=O) groups is 1. The van der Waals surface area contributed by atoms with Crippen molar-refractivity contribution >= 4 is 11.6 Å². The van der Waals surface area contributed by atoms with Gasteiger partial charge in [-0.25, -0.2) is 0 Å². The average Bonchev–Trinajstić information content (AvgIpc) is 3.19. The van der Waals surface area contributed by atoms with E-state index < -0.39 is 0 Å². The van der Waals surface area contributed by atoms with Gasteiger partial charge in [0.25, 0.3) is 5.91 Å². The quantitative estimate of drug-likeness (QED) is 0.782. The number of carbonyl (C=O) groups excluding carboxylic acids is 1. The number of ether oxygens (including phenoxy) is 3. The zero-order chi connectivity index (χ0) is 18.2. The lowest BCUT2D eigenvalue weighted by molar-refractivity contribution is -0.118. The van der Waals surface area contributed by atoms with Crippen LogP contribution in [0.4, 0.5) is 5.69 Å². The van der Waals surface area contributed by atoms with Gasteiger partial charge < -0.3 is 19.5 Å². The van der Waals surface area contributed by atoms with Gasteiger partial charge in [-0.3, -0.25) is 4.79 Å². The van der Waals surface area contributed by atoms with Gasteiger partial charge in [-0.15, -0.1) is 0 Å². The lowest BCUT2D eigenvalue weighted by Gasteiger charge is -2.13. The summed E-state index contributed by atoms with van der Waals surface area (Å²) in [6.07, 6.45) is 3.27. The van der Waals surface area contributed by atoms with Gasteiger partial charge in [-0.2, -0.15) is 0 Å². The molecule has 0 radical (unpaired) electrons. The first-order valence-corrected chi connectivity index (χ1v) is 9.09. The summed E-state index contributed by atoms with van der Waals surface area (Å²) in [4.78, 5) is 12.1. The molecule has 1 N–H and O–H groups in total. The van der Waals surface area contributed by atoms with Crippen molar-refractivity contribution in [2.75, 3.05) is 25.1 Å². The number of aryl methyl sites for hydroxylation is 1. The topological polar surface area (TPSA) is 56.8 Å². The molecule has 0 aliphatic carbocycles. The number of benzene rings is 2. The molecule has 1 aliphatic heterocycles. The second-order valence-corrected chi connectivity index (χ2v) is 6.31. The van der Waals surface area contributed by atoms with E-state index in [-0.39, 0.29) is 18.6 Å². The summed E-state index contributed by atoms with van der Waals surface area (Å²) in [6.45, 7) is 3.41. The smallest absolute Gasteiger partial charge is 0.262 e. The van der Waals surface area contributed by atoms with E-state index in [4.69, 9.17) is 14.2 Å². The molecule has 5 nitrogen and oxygen atoms in total. The Morgan fingerprint density at radius 2 is 2.00 bits per heavy atom. The fourth-order valence-corrected chi connectivity index (χ4v) is 2.80. The molecule has 0 aromatic heterocycles. The molecule has 2 aromatic rings. The highest BCUT2D eigenvalue weighted by Crippen LogP contribution is 2.20. The van der Waals surface area contributed by atoms with Gasteiger partial charge in [-0.1, -0.05) is 25.1 Å². The number of anilines is 1. The maximum absolute atomic E-state index is 12.1. The Hall–Kier alpha value is -2.53. The highest BCUT2D eigenvalue weighted by molar-refractivity contribution is 5.92. The highest BCUT2D eigenvalue weighted by atomic mass is 16.5. The molecule has 0 saturated carbocycles. The third kappa shape index (κ3) is 5.49. The Bertz CT molecular complexity index is 708. The normalized spacial score (nSPS) is 16.3.